The summed E-state index contributed by atoms with van der Waals surface area (Å²) in [6, 6.07) is 0. The maximum atomic E-state index is 10.9. The third-order valence-electron chi connectivity index (χ3n) is 3.43. The van der Waals surface area contributed by atoms with E-state index in [0.717, 1.165) is 12.8 Å². The number of cyclic esters (lactones) is 2. The molecule has 0 bridgehead atoms. The van der Waals surface area contributed by atoms with Crippen LogP contribution < -0.4 is 0 Å². The zero-order chi connectivity index (χ0) is 11.5. The van der Waals surface area contributed by atoms with Gasteiger partial charge in [-0.1, -0.05) is 34.1 Å². The number of hydrogen-bond donors (Lipinski definition) is 0. The van der Waals surface area contributed by atoms with Gasteiger partial charge in [0, 0.05) is 5.41 Å². The highest BCUT2D eigenvalue weighted by atomic mass is 16.7. The lowest BCUT2D eigenvalue weighted by atomic mass is 9.70. The molecule has 1 aliphatic heterocycles. The third-order valence-corrected chi connectivity index (χ3v) is 3.43. The van der Waals surface area contributed by atoms with Crippen molar-refractivity contribution in [3.05, 3.63) is 0 Å². The molecule has 0 aromatic carbocycles. The molecule has 1 atom stereocenters. The van der Waals surface area contributed by atoms with Gasteiger partial charge in [-0.05, 0) is 18.3 Å². The fourth-order valence-electron chi connectivity index (χ4n) is 2.34. The minimum Gasteiger partial charge on any atom is -0.434 e. The number of ether oxygens (including phenoxy) is 2. The topological polar surface area (TPSA) is 35.5 Å². The summed E-state index contributed by atoms with van der Waals surface area (Å²) in [5.74, 6) is 1.12. The molecular formula is C12H22O3. The molecule has 1 unspecified atom stereocenters. The Kier molecular flexibility index (Phi) is 4.00. The van der Waals surface area contributed by atoms with Crippen LogP contribution in [-0.2, 0) is 9.47 Å². The molecule has 0 spiro atoms. The zero-order valence-corrected chi connectivity index (χ0v) is 10.2. The Morgan fingerprint density at radius 1 is 1.27 bits per heavy atom. The minimum absolute atomic E-state index is 0.0246. The Balaban J connectivity index is 2.72. The predicted molar refractivity (Wildman–Crippen MR) is 58.6 cm³/mol. The largest absolute Gasteiger partial charge is 0.508 e. The summed E-state index contributed by atoms with van der Waals surface area (Å²) in [6.45, 7) is 9.80. The van der Waals surface area contributed by atoms with Crippen molar-refractivity contribution >= 4 is 6.16 Å². The normalized spacial score (nSPS) is 22.1. The Morgan fingerprint density at radius 3 is 2.20 bits per heavy atom. The van der Waals surface area contributed by atoms with Crippen LogP contribution in [0.1, 0.15) is 40.5 Å². The van der Waals surface area contributed by atoms with Crippen molar-refractivity contribution in [3.63, 3.8) is 0 Å². The molecule has 1 fully saturated rings. The maximum absolute atomic E-state index is 10.9. The molecule has 88 valence electrons. The van der Waals surface area contributed by atoms with Gasteiger partial charge in [0.1, 0.15) is 13.2 Å². The lowest BCUT2D eigenvalue weighted by Gasteiger charge is -2.41. The predicted octanol–water partition coefficient (Wildman–Crippen LogP) is 3.23. The van der Waals surface area contributed by atoms with E-state index in [2.05, 4.69) is 27.7 Å². The first kappa shape index (κ1) is 12.3. The van der Waals surface area contributed by atoms with Gasteiger partial charge in [-0.15, -0.1) is 0 Å². The molecule has 3 heteroatoms. The van der Waals surface area contributed by atoms with Crippen molar-refractivity contribution < 1.29 is 14.3 Å². The first-order chi connectivity index (χ1) is 7.00. The SMILES string of the molecule is CCC(C)C1(CC(C)C)COC(=O)OC1. The highest BCUT2D eigenvalue weighted by Crippen LogP contribution is 2.39. The number of hydrogen-bond acceptors (Lipinski definition) is 3. The second-order valence-electron chi connectivity index (χ2n) is 5.10. The van der Waals surface area contributed by atoms with E-state index >= 15 is 0 Å². The maximum Gasteiger partial charge on any atom is 0.508 e. The van der Waals surface area contributed by atoms with E-state index in [-0.39, 0.29) is 5.41 Å². The Labute approximate surface area is 92.1 Å². The molecule has 0 aromatic rings. The molecule has 1 heterocycles. The Morgan fingerprint density at radius 2 is 1.80 bits per heavy atom. The van der Waals surface area contributed by atoms with Gasteiger partial charge in [-0.3, -0.25) is 0 Å². The van der Waals surface area contributed by atoms with Crippen molar-refractivity contribution in [1.29, 1.82) is 0 Å². The van der Waals surface area contributed by atoms with Gasteiger partial charge >= 0.3 is 6.16 Å². The van der Waals surface area contributed by atoms with Crippen LogP contribution in [0.15, 0.2) is 0 Å². The van der Waals surface area contributed by atoms with E-state index in [1.807, 2.05) is 0 Å². The fourth-order valence-corrected chi connectivity index (χ4v) is 2.34. The van der Waals surface area contributed by atoms with Gasteiger partial charge in [-0.25, -0.2) is 4.79 Å². The summed E-state index contributed by atoms with van der Waals surface area (Å²) in [4.78, 5) is 10.9. The van der Waals surface area contributed by atoms with Gasteiger partial charge in [0.25, 0.3) is 0 Å². The molecule has 1 saturated heterocycles. The molecule has 0 amide bonds. The standard InChI is InChI=1S/C12H22O3/c1-5-10(4)12(6-9(2)3)7-14-11(13)15-8-12/h9-10H,5-8H2,1-4H3. The van der Waals surface area contributed by atoms with E-state index in [1.165, 1.54) is 0 Å². The second-order valence-corrected chi connectivity index (χ2v) is 5.10. The van der Waals surface area contributed by atoms with Gasteiger partial charge in [0.2, 0.25) is 0 Å². The molecule has 3 nitrogen and oxygen atoms in total. The summed E-state index contributed by atoms with van der Waals surface area (Å²) in [5, 5.41) is 0. The quantitative estimate of drug-likeness (QED) is 0.674. The lowest BCUT2D eigenvalue weighted by Crippen LogP contribution is -2.44. The minimum atomic E-state index is -0.516. The van der Waals surface area contributed by atoms with E-state index in [4.69, 9.17) is 9.47 Å². The molecule has 1 aliphatic rings. The van der Waals surface area contributed by atoms with Crippen LogP contribution in [0.2, 0.25) is 0 Å². The summed E-state index contributed by atoms with van der Waals surface area (Å²) in [5.41, 5.74) is 0.0246. The summed E-state index contributed by atoms with van der Waals surface area (Å²) in [7, 11) is 0. The Hall–Kier alpha value is -0.730. The molecule has 1 rings (SSSR count). The highest BCUT2D eigenvalue weighted by Gasteiger charge is 2.41. The molecule has 0 N–H and O–H groups in total. The molecule has 0 aromatic heterocycles. The van der Waals surface area contributed by atoms with Gasteiger partial charge < -0.3 is 9.47 Å². The van der Waals surface area contributed by atoms with Crippen LogP contribution in [-0.4, -0.2) is 19.4 Å². The number of rotatable bonds is 4. The van der Waals surface area contributed by atoms with Crippen LogP contribution in [0.3, 0.4) is 0 Å². The van der Waals surface area contributed by atoms with Gasteiger partial charge in [0.15, 0.2) is 0 Å². The van der Waals surface area contributed by atoms with Crippen molar-refractivity contribution in [3.8, 4) is 0 Å². The van der Waals surface area contributed by atoms with Gasteiger partial charge in [0.05, 0.1) is 0 Å². The smallest absolute Gasteiger partial charge is 0.434 e. The summed E-state index contributed by atoms with van der Waals surface area (Å²) < 4.78 is 10.1. The number of carbonyl (C=O) groups is 1. The van der Waals surface area contributed by atoms with Crippen molar-refractivity contribution in [2.45, 2.75) is 40.5 Å². The average Bonchev–Trinajstić information content (AvgIpc) is 2.20. The molecule has 15 heavy (non-hydrogen) atoms. The van der Waals surface area contributed by atoms with Crippen molar-refractivity contribution in [2.24, 2.45) is 17.3 Å². The molecular weight excluding hydrogens is 192 g/mol. The second kappa shape index (κ2) is 4.86. The van der Waals surface area contributed by atoms with Crippen LogP contribution in [0.4, 0.5) is 4.79 Å². The monoisotopic (exact) mass is 214 g/mol. The van der Waals surface area contributed by atoms with Crippen LogP contribution in [0, 0.1) is 17.3 Å². The number of carbonyl (C=O) groups excluding carboxylic acids is 1. The van der Waals surface area contributed by atoms with Crippen molar-refractivity contribution in [1.82, 2.24) is 0 Å². The van der Waals surface area contributed by atoms with Crippen LogP contribution in [0.5, 0.6) is 0 Å². The van der Waals surface area contributed by atoms with Crippen molar-refractivity contribution in [2.75, 3.05) is 13.2 Å². The zero-order valence-electron chi connectivity index (χ0n) is 10.2. The van der Waals surface area contributed by atoms with E-state index in [1.54, 1.807) is 0 Å². The van der Waals surface area contributed by atoms with E-state index in [0.29, 0.717) is 25.0 Å². The first-order valence-electron chi connectivity index (χ1n) is 5.79. The van der Waals surface area contributed by atoms with Gasteiger partial charge in [-0.2, -0.15) is 0 Å². The van der Waals surface area contributed by atoms with E-state index in [9.17, 15) is 4.79 Å². The Bertz CT molecular complexity index is 213. The average molecular weight is 214 g/mol. The molecule has 0 aliphatic carbocycles. The van der Waals surface area contributed by atoms with Crippen LogP contribution in [0.25, 0.3) is 0 Å². The third kappa shape index (κ3) is 2.86. The molecule has 0 radical (unpaired) electrons. The first-order valence-corrected chi connectivity index (χ1v) is 5.79. The summed E-state index contributed by atoms with van der Waals surface area (Å²) in [6.07, 6.45) is 1.63. The fraction of sp³-hybridized carbons (Fsp3) is 0.917. The molecule has 0 saturated carbocycles. The lowest BCUT2D eigenvalue weighted by molar-refractivity contribution is -0.0919. The van der Waals surface area contributed by atoms with Crippen LogP contribution >= 0.6 is 0 Å². The highest BCUT2D eigenvalue weighted by molar-refractivity contribution is 5.60. The van der Waals surface area contributed by atoms with E-state index < -0.39 is 6.16 Å². The summed E-state index contributed by atoms with van der Waals surface area (Å²) >= 11 is 0.